The molecule has 146 valence electrons. The molecule has 1 N–H and O–H groups in total. The molecule has 0 bridgehead atoms. The van der Waals surface area contributed by atoms with Crippen LogP contribution in [0.2, 0.25) is 0 Å². The second-order valence-electron chi connectivity index (χ2n) is 6.69. The molecule has 0 aliphatic carbocycles. The van der Waals surface area contributed by atoms with Gasteiger partial charge in [-0.25, -0.2) is 0 Å². The van der Waals surface area contributed by atoms with Gasteiger partial charge < -0.3 is 5.32 Å². The number of benzene rings is 1. The molecule has 1 aliphatic heterocycles. The number of amides is 2. The number of fused-ring (bicyclic) bond motifs is 2. The molecule has 2 heterocycles. The minimum absolute atomic E-state index is 0.0978. The third kappa shape index (κ3) is 3.61. The summed E-state index contributed by atoms with van der Waals surface area (Å²) in [6.45, 7) is 11.2. The van der Waals surface area contributed by atoms with Crippen LogP contribution in [0, 0.1) is 6.92 Å². The normalized spacial score (nSPS) is 12.8. The highest BCUT2D eigenvalue weighted by Crippen LogP contribution is 2.39. The van der Waals surface area contributed by atoms with Gasteiger partial charge in [0, 0.05) is 33.1 Å². The van der Waals surface area contributed by atoms with Crippen molar-refractivity contribution in [3.05, 3.63) is 61.0 Å². The fourth-order valence-corrected chi connectivity index (χ4v) is 3.49. The molecule has 0 saturated carbocycles. The third-order valence-electron chi connectivity index (χ3n) is 4.69. The van der Waals surface area contributed by atoms with Gasteiger partial charge in [0.25, 0.3) is 5.91 Å². The van der Waals surface area contributed by atoms with Crippen molar-refractivity contribution >= 4 is 28.9 Å². The van der Waals surface area contributed by atoms with Crippen molar-refractivity contribution in [2.45, 2.75) is 13.3 Å². The Labute approximate surface area is 164 Å². The molecule has 0 fully saturated rings. The largest absolute Gasteiger partial charge is 0.319 e. The van der Waals surface area contributed by atoms with Gasteiger partial charge in [-0.3, -0.25) is 24.1 Å². The number of nitrogens with zero attached hydrogens (tertiary/aromatic N) is 4. The molecular weight excluding hydrogens is 354 g/mol. The van der Waals surface area contributed by atoms with Crippen LogP contribution in [0.15, 0.2) is 49.6 Å². The zero-order valence-corrected chi connectivity index (χ0v) is 16.3. The van der Waals surface area contributed by atoms with Crippen LogP contribution in [-0.2, 0) is 11.8 Å². The second kappa shape index (κ2) is 8.22. The van der Waals surface area contributed by atoms with Gasteiger partial charge in [0.15, 0.2) is 5.69 Å². The molecule has 0 atom stereocenters. The number of aromatic nitrogens is 2. The number of para-hydroxylation sites is 2. The maximum Gasteiger partial charge on any atom is 0.276 e. The summed E-state index contributed by atoms with van der Waals surface area (Å²) in [6, 6.07) is 7.31. The minimum atomic E-state index is -0.277. The maximum atomic E-state index is 13.3. The van der Waals surface area contributed by atoms with E-state index in [4.69, 9.17) is 0 Å². The van der Waals surface area contributed by atoms with Crippen molar-refractivity contribution in [1.82, 2.24) is 14.7 Å². The van der Waals surface area contributed by atoms with Crippen molar-refractivity contribution < 1.29 is 9.59 Å². The predicted octanol–water partition coefficient (Wildman–Crippen LogP) is 3.02. The molecule has 2 aromatic rings. The van der Waals surface area contributed by atoms with E-state index in [0.29, 0.717) is 48.1 Å². The van der Waals surface area contributed by atoms with Gasteiger partial charge >= 0.3 is 0 Å². The van der Waals surface area contributed by atoms with Gasteiger partial charge in [0.05, 0.1) is 17.1 Å². The summed E-state index contributed by atoms with van der Waals surface area (Å²) < 4.78 is 1.52. The number of aryl methyl sites for hydroxylation is 2. The summed E-state index contributed by atoms with van der Waals surface area (Å²) >= 11 is 0. The predicted molar refractivity (Wildman–Crippen MR) is 111 cm³/mol. The summed E-state index contributed by atoms with van der Waals surface area (Å²) in [6.07, 6.45) is 3.90. The first-order chi connectivity index (χ1) is 13.5. The van der Waals surface area contributed by atoms with Gasteiger partial charge in [-0.15, -0.1) is 13.2 Å². The lowest BCUT2D eigenvalue weighted by Crippen LogP contribution is -2.32. The average Bonchev–Trinajstić information content (AvgIpc) is 2.87. The molecule has 0 saturated heterocycles. The van der Waals surface area contributed by atoms with Gasteiger partial charge in [-0.2, -0.15) is 5.10 Å². The Balaban J connectivity index is 2.00. The monoisotopic (exact) mass is 379 g/mol. The lowest BCUT2D eigenvalue weighted by atomic mass is 10.2. The summed E-state index contributed by atoms with van der Waals surface area (Å²) in [5, 5.41) is 7.26. The third-order valence-corrected chi connectivity index (χ3v) is 4.69. The summed E-state index contributed by atoms with van der Waals surface area (Å²) in [7, 11) is 1.71. The van der Waals surface area contributed by atoms with Crippen molar-refractivity contribution in [3.8, 4) is 0 Å². The fourth-order valence-electron chi connectivity index (χ4n) is 3.49. The van der Waals surface area contributed by atoms with Crippen LogP contribution in [0.3, 0.4) is 0 Å². The minimum Gasteiger partial charge on any atom is -0.319 e. The highest BCUT2D eigenvalue weighted by molar-refractivity contribution is 6.17. The highest BCUT2D eigenvalue weighted by Gasteiger charge is 2.33. The van der Waals surface area contributed by atoms with E-state index in [1.54, 1.807) is 30.2 Å². The first-order valence-corrected chi connectivity index (χ1v) is 9.19. The summed E-state index contributed by atoms with van der Waals surface area (Å²) in [4.78, 5) is 29.8. The number of anilines is 3. The van der Waals surface area contributed by atoms with Gasteiger partial charge in [0.2, 0.25) is 5.91 Å². The van der Waals surface area contributed by atoms with Crippen molar-refractivity contribution in [2.24, 2.45) is 7.05 Å². The average molecular weight is 379 g/mol. The Hall–Kier alpha value is -3.19. The van der Waals surface area contributed by atoms with Crippen LogP contribution < -0.4 is 10.2 Å². The SMILES string of the molecule is C=CCN(CC=C)CCC(=O)N1c2ccccc2NC(=O)c2c1c(C)nn2C. The molecule has 1 aliphatic rings. The molecule has 1 aromatic heterocycles. The summed E-state index contributed by atoms with van der Waals surface area (Å²) in [5.74, 6) is -0.375. The molecular formula is C21H25N5O2. The molecule has 7 nitrogen and oxygen atoms in total. The van der Waals surface area contributed by atoms with Gasteiger partial charge in [-0.1, -0.05) is 24.3 Å². The van der Waals surface area contributed by atoms with E-state index < -0.39 is 0 Å². The van der Waals surface area contributed by atoms with Crippen LogP contribution in [-0.4, -0.2) is 46.1 Å². The summed E-state index contributed by atoms with van der Waals surface area (Å²) in [5.41, 5.74) is 2.79. The van der Waals surface area contributed by atoms with E-state index in [1.165, 1.54) is 4.68 Å². The number of hydrogen-bond donors (Lipinski definition) is 1. The standard InChI is InChI=1S/C21H25N5O2/c1-5-12-25(13-6-2)14-11-18(27)26-17-10-8-7-9-16(17)22-21(28)20-19(26)15(3)23-24(20)4/h5-10H,1-2,11-14H2,3-4H3,(H,22,28). The van der Waals surface area contributed by atoms with Gasteiger partial charge in [0.1, 0.15) is 5.69 Å². The Kier molecular flexibility index (Phi) is 5.75. The van der Waals surface area contributed by atoms with E-state index in [9.17, 15) is 9.59 Å². The maximum absolute atomic E-state index is 13.3. The Morgan fingerprint density at radius 1 is 1.25 bits per heavy atom. The van der Waals surface area contributed by atoms with Crippen molar-refractivity contribution in [3.63, 3.8) is 0 Å². The zero-order chi connectivity index (χ0) is 20.3. The van der Waals surface area contributed by atoms with E-state index in [2.05, 4.69) is 28.5 Å². The van der Waals surface area contributed by atoms with Crippen molar-refractivity contribution in [1.29, 1.82) is 0 Å². The Morgan fingerprint density at radius 2 is 1.93 bits per heavy atom. The number of carbonyl (C=O) groups is 2. The molecule has 0 spiro atoms. The number of hydrogen-bond acceptors (Lipinski definition) is 4. The lowest BCUT2D eigenvalue weighted by Gasteiger charge is -2.25. The lowest BCUT2D eigenvalue weighted by molar-refractivity contribution is -0.118. The quantitative estimate of drug-likeness (QED) is 0.751. The molecule has 1 aromatic carbocycles. The molecule has 2 amide bonds. The first kappa shape index (κ1) is 19.6. The van der Waals surface area contributed by atoms with Crippen molar-refractivity contribution in [2.75, 3.05) is 29.9 Å². The van der Waals surface area contributed by atoms with E-state index in [0.717, 1.165) is 0 Å². The van der Waals surface area contributed by atoms with Gasteiger partial charge in [-0.05, 0) is 19.1 Å². The topological polar surface area (TPSA) is 70.5 Å². The zero-order valence-electron chi connectivity index (χ0n) is 16.3. The Morgan fingerprint density at radius 3 is 2.61 bits per heavy atom. The Bertz CT molecular complexity index is 921. The highest BCUT2D eigenvalue weighted by atomic mass is 16.2. The van der Waals surface area contributed by atoms with E-state index >= 15 is 0 Å². The fraction of sp³-hybridized carbons (Fsp3) is 0.286. The number of carbonyl (C=O) groups excluding carboxylic acids is 2. The first-order valence-electron chi connectivity index (χ1n) is 9.19. The smallest absolute Gasteiger partial charge is 0.276 e. The van der Waals surface area contributed by atoms with E-state index in [1.807, 2.05) is 25.1 Å². The van der Waals surface area contributed by atoms with Crippen LogP contribution >= 0.6 is 0 Å². The van der Waals surface area contributed by atoms with Crippen LogP contribution in [0.1, 0.15) is 22.6 Å². The number of rotatable bonds is 7. The molecule has 7 heteroatoms. The number of nitrogens with one attached hydrogen (secondary N) is 1. The van der Waals surface area contributed by atoms with Crippen LogP contribution in [0.25, 0.3) is 0 Å². The second-order valence-corrected chi connectivity index (χ2v) is 6.69. The molecule has 0 unspecified atom stereocenters. The molecule has 28 heavy (non-hydrogen) atoms. The van der Waals surface area contributed by atoms with E-state index in [-0.39, 0.29) is 18.2 Å². The molecule has 0 radical (unpaired) electrons. The molecule has 3 rings (SSSR count). The van der Waals surface area contributed by atoms with Crippen LogP contribution in [0.5, 0.6) is 0 Å². The van der Waals surface area contributed by atoms with Crippen LogP contribution in [0.4, 0.5) is 17.1 Å².